The van der Waals surface area contributed by atoms with Crippen LogP contribution in [0.1, 0.15) is 38.5 Å². The zero-order chi connectivity index (χ0) is 13.8. The number of rotatable bonds is 4. The van der Waals surface area contributed by atoms with E-state index in [0.29, 0.717) is 6.04 Å². The van der Waals surface area contributed by atoms with Crippen LogP contribution in [0.3, 0.4) is 0 Å². The van der Waals surface area contributed by atoms with Gasteiger partial charge in [0, 0.05) is 12.6 Å². The fourth-order valence-corrected chi connectivity index (χ4v) is 3.68. The normalized spacial score (nSPS) is 23.2. The lowest BCUT2D eigenvalue weighted by Gasteiger charge is -2.29. The molecule has 3 nitrogen and oxygen atoms in total. The Morgan fingerprint density at radius 1 is 1.10 bits per heavy atom. The van der Waals surface area contributed by atoms with Gasteiger partial charge in [0.1, 0.15) is 5.75 Å². The quantitative estimate of drug-likeness (QED) is 0.843. The molecule has 0 spiro atoms. The predicted molar refractivity (Wildman–Crippen MR) is 78.6 cm³/mol. The van der Waals surface area contributed by atoms with Gasteiger partial charge in [-0.3, -0.25) is 4.79 Å². The maximum atomic E-state index is 12.4. The zero-order valence-corrected chi connectivity index (χ0v) is 12.0. The molecule has 1 saturated carbocycles. The molecule has 108 valence electrons. The summed E-state index contributed by atoms with van der Waals surface area (Å²) in [5, 5.41) is 0. The molecule has 20 heavy (non-hydrogen) atoms. The minimum Gasteiger partial charge on any atom is -0.484 e. The van der Waals surface area contributed by atoms with E-state index in [0.717, 1.165) is 24.6 Å². The van der Waals surface area contributed by atoms with E-state index in [4.69, 9.17) is 4.74 Å². The van der Waals surface area contributed by atoms with Gasteiger partial charge in [-0.1, -0.05) is 31.0 Å². The Morgan fingerprint density at radius 3 is 2.60 bits per heavy atom. The molecule has 1 amide bonds. The van der Waals surface area contributed by atoms with Crippen molar-refractivity contribution in [2.24, 2.45) is 5.92 Å². The van der Waals surface area contributed by atoms with Crippen LogP contribution in [0, 0.1) is 5.92 Å². The highest BCUT2D eigenvalue weighted by atomic mass is 16.5. The molecule has 1 saturated heterocycles. The number of benzene rings is 1. The number of carbonyl (C=O) groups is 1. The fourth-order valence-electron chi connectivity index (χ4n) is 3.68. The van der Waals surface area contributed by atoms with Gasteiger partial charge in [-0.25, -0.2) is 0 Å². The van der Waals surface area contributed by atoms with E-state index in [1.807, 2.05) is 30.3 Å². The van der Waals surface area contributed by atoms with E-state index in [1.165, 1.54) is 32.1 Å². The number of para-hydroxylation sites is 1. The van der Waals surface area contributed by atoms with Crippen LogP contribution in [0.15, 0.2) is 30.3 Å². The molecular weight excluding hydrogens is 250 g/mol. The van der Waals surface area contributed by atoms with Gasteiger partial charge in [-0.15, -0.1) is 0 Å². The van der Waals surface area contributed by atoms with Crippen LogP contribution in [0.4, 0.5) is 0 Å². The molecule has 0 aromatic heterocycles. The van der Waals surface area contributed by atoms with Crippen LogP contribution in [0.5, 0.6) is 5.75 Å². The summed E-state index contributed by atoms with van der Waals surface area (Å²) in [7, 11) is 0. The van der Waals surface area contributed by atoms with E-state index in [9.17, 15) is 4.79 Å². The van der Waals surface area contributed by atoms with Crippen molar-refractivity contribution < 1.29 is 9.53 Å². The Morgan fingerprint density at radius 2 is 1.85 bits per heavy atom. The second kappa shape index (κ2) is 6.29. The highest BCUT2D eigenvalue weighted by Crippen LogP contribution is 2.35. The molecule has 2 fully saturated rings. The SMILES string of the molecule is O=C(COc1ccccc1)N1CCCC1C1CCCC1. The van der Waals surface area contributed by atoms with Crippen molar-refractivity contribution in [2.75, 3.05) is 13.2 Å². The second-order valence-corrected chi connectivity index (χ2v) is 5.94. The number of hydrogen-bond acceptors (Lipinski definition) is 2. The summed E-state index contributed by atoms with van der Waals surface area (Å²) in [6.07, 6.45) is 7.61. The minimum atomic E-state index is 0.156. The monoisotopic (exact) mass is 273 g/mol. The van der Waals surface area contributed by atoms with Gasteiger partial charge >= 0.3 is 0 Å². The number of carbonyl (C=O) groups excluding carboxylic acids is 1. The van der Waals surface area contributed by atoms with Crippen LogP contribution in [-0.2, 0) is 4.79 Å². The van der Waals surface area contributed by atoms with E-state index in [1.54, 1.807) is 0 Å². The Balaban J connectivity index is 1.55. The third kappa shape index (κ3) is 2.97. The lowest BCUT2D eigenvalue weighted by Crippen LogP contribution is -2.41. The summed E-state index contributed by atoms with van der Waals surface area (Å²) in [5.74, 6) is 1.67. The van der Waals surface area contributed by atoms with Gasteiger partial charge in [0.25, 0.3) is 5.91 Å². The van der Waals surface area contributed by atoms with Crippen LogP contribution in [-0.4, -0.2) is 30.0 Å². The van der Waals surface area contributed by atoms with Crippen molar-refractivity contribution in [3.8, 4) is 5.75 Å². The largest absolute Gasteiger partial charge is 0.484 e. The van der Waals surface area contributed by atoms with Gasteiger partial charge in [-0.05, 0) is 43.7 Å². The van der Waals surface area contributed by atoms with E-state index >= 15 is 0 Å². The van der Waals surface area contributed by atoms with Crippen LogP contribution < -0.4 is 4.74 Å². The number of nitrogens with zero attached hydrogens (tertiary/aromatic N) is 1. The lowest BCUT2D eigenvalue weighted by molar-refractivity contribution is -0.135. The van der Waals surface area contributed by atoms with Crippen LogP contribution in [0.2, 0.25) is 0 Å². The minimum absolute atomic E-state index is 0.156. The molecule has 1 aliphatic carbocycles. The average molecular weight is 273 g/mol. The van der Waals surface area contributed by atoms with Gasteiger partial charge < -0.3 is 9.64 Å². The van der Waals surface area contributed by atoms with Gasteiger partial charge in [0.2, 0.25) is 0 Å². The van der Waals surface area contributed by atoms with Crippen molar-refractivity contribution in [2.45, 2.75) is 44.6 Å². The molecule has 2 aliphatic rings. The third-order valence-corrected chi connectivity index (χ3v) is 4.67. The van der Waals surface area contributed by atoms with Crippen molar-refractivity contribution in [1.82, 2.24) is 4.90 Å². The maximum absolute atomic E-state index is 12.4. The Kier molecular flexibility index (Phi) is 4.24. The Hall–Kier alpha value is -1.51. The summed E-state index contributed by atoms with van der Waals surface area (Å²) >= 11 is 0. The lowest BCUT2D eigenvalue weighted by atomic mass is 9.96. The topological polar surface area (TPSA) is 29.5 Å². The van der Waals surface area contributed by atoms with Crippen molar-refractivity contribution in [3.05, 3.63) is 30.3 Å². The fraction of sp³-hybridized carbons (Fsp3) is 0.588. The Labute approximate surface area is 120 Å². The molecule has 0 N–H and O–H groups in total. The molecule has 3 rings (SSSR count). The smallest absolute Gasteiger partial charge is 0.260 e. The van der Waals surface area contributed by atoms with E-state index < -0.39 is 0 Å². The highest BCUT2D eigenvalue weighted by Gasteiger charge is 2.35. The van der Waals surface area contributed by atoms with Crippen molar-refractivity contribution in [3.63, 3.8) is 0 Å². The van der Waals surface area contributed by atoms with Crippen molar-refractivity contribution in [1.29, 1.82) is 0 Å². The standard InChI is InChI=1S/C17H23NO2/c19-17(13-20-15-9-2-1-3-10-15)18-12-6-11-16(18)14-7-4-5-8-14/h1-3,9-10,14,16H,4-8,11-13H2. The first-order valence-electron chi connectivity index (χ1n) is 7.82. The highest BCUT2D eigenvalue weighted by molar-refractivity contribution is 5.78. The first kappa shape index (κ1) is 13.5. The summed E-state index contributed by atoms with van der Waals surface area (Å²) in [4.78, 5) is 14.5. The molecule has 1 aromatic carbocycles. The number of ether oxygens (including phenoxy) is 1. The zero-order valence-electron chi connectivity index (χ0n) is 12.0. The number of amides is 1. The van der Waals surface area contributed by atoms with E-state index in [2.05, 4.69) is 4.90 Å². The summed E-state index contributed by atoms with van der Waals surface area (Å²) < 4.78 is 5.60. The summed E-state index contributed by atoms with van der Waals surface area (Å²) in [5.41, 5.74) is 0. The van der Waals surface area contributed by atoms with Gasteiger partial charge in [0.15, 0.2) is 6.61 Å². The summed E-state index contributed by atoms with van der Waals surface area (Å²) in [6.45, 7) is 1.09. The first-order chi connectivity index (χ1) is 9.84. The van der Waals surface area contributed by atoms with Gasteiger partial charge in [-0.2, -0.15) is 0 Å². The van der Waals surface area contributed by atoms with Crippen molar-refractivity contribution >= 4 is 5.91 Å². The molecule has 1 heterocycles. The summed E-state index contributed by atoms with van der Waals surface area (Å²) in [6, 6.07) is 10.1. The van der Waals surface area contributed by atoms with E-state index in [-0.39, 0.29) is 12.5 Å². The molecule has 3 heteroatoms. The molecular formula is C17H23NO2. The molecule has 1 unspecified atom stereocenters. The second-order valence-electron chi connectivity index (χ2n) is 5.94. The molecule has 1 aliphatic heterocycles. The molecule has 1 atom stereocenters. The molecule has 1 aromatic rings. The van der Waals surface area contributed by atoms with Crippen LogP contribution in [0.25, 0.3) is 0 Å². The number of likely N-dealkylation sites (tertiary alicyclic amines) is 1. The number of hydrogen-bond donors (Lipinski definition) is 0. The predicted octanol–water partition coefficient (Wildman–Crippen LogP) is 3.25. The Bertz CT molecular complexity index is 440. The van der Waals surface area contributed by atoms with Crippen LogP contribution >= 0.6 is 0 Å². The average Bonchev–Trinajstić information content (AvgIpc) is 3.15. The van der Waals surface area contributed by atoms with Gasteiger partial charge in [0.05, 0.1) is 0 Å². The maximum Gasteiger partial charge on any atom is 0.260 e. The third-order valence-electron chi connectivity index (χ3n) is 4.67. The molecule has 0 bridgehead atoms. The molecule has 0 radical (unpaired) electrons. The first-order valence-corrected chi connectivity index (χ1v) is 7.82.